The summed E-state index contributed by atoms with van der Waals surface area (Å²) in [5.74, 6) is 0.934. The Kier molecular flexibility index (Phi) is 6.88. The number of nitrogens with one attached hydrogen (secondary N) is 1. The summed E-state index contributed by atoms with van der Waals surface area (Å²) < 4.78 is 2.39. The van der Waals surface area contributed by atoms with Crippen LogP contribution in [0.5, 0.6) is 0 Å². The molecule has 1 aromatic heterocycles. The molecule has 0 saturated carbocycles. The van der Waals surface area contributed by atoms with Crippen LogP contribution in [-0.2, 0) is 13.0 Å². The van der Waals surface area contributed by atoms with Gasteiger partial charge in [0.25, 0.3) is 0 Å². The molecule has 230 valence electrons. The largest absolute Gasteiger partial charge is 0.387 e. The van der Waals surface area contributed by atoms with Crippen molar-refractivity contribution >= 4 is 38.7 Å². The van der Waals surface area contributed by atoms with Crippen molar-refractivity contribution in [3.8, 4) is 28.2 Å². The summed E-state index contributed by atoms with van der Waals surface area (Å²) in [5, 5.41) is 8.29. The molecule has 0 radical (unpaired) electrons. The zero-order chi connectivity index (χ0) is 32.0. The number of hydrogen-bond donors (Lipinski definition) is 2. The predicted molar refractivity (Wildman–Crippen MR) is 200 cm³/mol. The van der Waals surface area contributed by atoms with Gasteiger partial charge >= 0.3 is 0 Å². The van der Waals surface area contributed by atoms with Crippen molar-refractivity contribution < 1.29 is 0 Å². The molecule has 0 fully saturated rings. The Morgan fingerprint density at radius 2 is 1.29 bits per heavy atom. The van der Waals surface area contributed by atoms with Crippen molar-refractivity contribution in [2.75, 3.05) is 0 Å². The van der Waals surface area contributed by atoms with Gasteiger partial charge in [-0.25, -0.2) is 4.98 Å². The van der Waals surface area contributed by atoms with Crippen LogP contribution in [0.4, 0.5) is 0 Å². The molecule has 9 rings (SSSR count). The molecule has 1 atom stereocenters. The molecule has 0 amide bonds. The molecule has 7 aromatic carbocycles. The maximum Gasteiger partial charge on any atom is 0.145 e. The van der Waals surface area contributed by atoms with Crippen molar-refractivity contribution in [1.82, 2.24) is 14.9 Å². The molecular formula is C44H34N4. The van der Waals surface area contributed by atoms with Gasteiger partial charge in [-0.2, -0.15) is 0 Å². The summed E-state index contributed by atoms with van der Waals surface area (Å²) in [6.07, 6.45) is 5.05. The zero-order valence-electron chi connectivity index (χ0n) is 26.5. The summed E-state index contributed by atoms with van der Waals surface area (Å²) >= 11 is 0. The average molecular weight is 619 g/mol. The summed E-state index contributed by atoms with van der Waals surface area (Å²) in [7, 11) is 0. The molecule has 0 saturated heterocycles. The maximum atomic E-state index is 6.59. The van der Waals surface area contributed by atoms with Crippen molar-refractivity contribution in [2.45, 2.75) is 19.0 Å². The van der Waals surface area contributed by atoms with Crippen LogP contribution in [0.1, 0.15) is 28.3 Å². The Hall–Kier alpha value is -5.97. The van der Waals surface area contributed by atoms with Crippen molar-refractivity contribution in [1.29, 1.82) is 0 Å². The van der Waals surface area contributed by atoms with Gasteiger partial charge < -0.3 is 11.1 Å². The molecule has 2 heterocycles. The SMILES string of the molecule is N[C@H](Cc1ccccc1)c1ccc(-c2ccc(-c3nc4c5c(c6ccccc6c4n3-c3cccc4ccccc34)C=CNC5)cc2)cc1. The smallest absolute Gasteiger partial charge is 0.145 e. The van der Waals surface area contributed by atoms with Gasteiger partial charge in [-0.15, -0.1) is 0 Å². The van der Waals surface area contributed by atoms with Gasteiger partial charge in [0.2, 0.25) is 0 Å². The minimum atomic E-state index is -0.0431. The summed E-state index contributed by atoms with van der Waals surface area (Å²) in [4.78, 5) is 5.47. The lowest BCUT2D eigenvalue weighted by molar-refractivity contribution is 0.722. The van der Waals surface area contributed by atoms with Crippen molar-refractivity contribution in [3.63, 3.8) is 0 Å². The van der Waals surface area contributed by atoms with E-state index in [1.165, 1.54) is 38.2 Å². The standard InChI is InChI=1S/C44H34N4/c45-40(27-29-9-2-1-3-10-29)33-21-17-30(18-22-33)31-19-23-34(24-20-31)44-47-42-39-28-46-26-25-37(39)36-14-6-7-15-38(36)43(42)48(44)41-16-8-12-32-11-4-5-13-35(32)41/h1-26,40,46H,27-28,45H2/t40-/m1/s1. The van der Waals surface area contributed by atoms with E-state index in [0.717, 1.165) is 57.8 Å². The second-order valence-electron chi connectivity index (χ2n) is 12.6. The van der Waals surface area contributed by atoms with Crippen LogP contribution in [-0.4, -0.2) is 9.55 Å². The lowest BCUT2D eigenvalue weighted by Crippen LogP contribution is -2.13. The van der Waals surface area contributed by atoms with E-state index in [9.17, 15) is 0 Å². The molecule has 4 heteroatoms. The monoisotopic (exact) mass is 618 g/mol. The van der Waals surface area contributed by atoms with Gasteiger partial charge in [0.15, 0.2) is 0 Å². The van der Waals surface area contributed by atoms with Crippen LogP contribution in [0.15, 0.2) is 152 Å². The fourth-order valence-electron chi connectivity index (χ4n) is 7.32. The Balaban J connectivity index is 1.17. The normalized spacial score (nSPS) is 13.1. The van der Waals surface area contributed by atoms with Crippen LogP contribution >= 0.6 is 0 Å². The van der Waals surface area contributed by atoms with Gasteiger partial charge in [0.1, 0.15) is 5.82 Å². The van der Waals surface area contributed by atoms with E-state index in [2.05, 4.69) is 155 Å². The first-order chi connectivity index (χ1) is 23.7. The molecular weight excluding hydrogens is 585 g/mol. The molecule has 0 aliphatic carbocycles. The first kappa shape index (κ1) is 28.3. The Bertz CT molecular complexity index is 2470. The van der Waals surface area contributed by atoms with E-state index < -0.39 is 0 Å². The molecule has 0 spiro atoms. The highest BCUT2D eigenvalue weighted by molar-refractivity contribution is 6.12. The molecule has 0 bridgehead atoms. The third kappa shape index (κ3) is 4.77. The van der Waals surface area contributed by atoms with Gasteiger partial charge in [0.05, 0.1) is 16.7 Å². The van der Waals surface area contributed by atoms with Crippen LogP contribution in [0.2, 0.25) is 0 Å². The minimum absolute atomic E-state index is 0.0431. The molecule has 1 aliphatic heterocycles. The Labute approximate surface area is 279 Å². The molecule has 4 nitrogen and oxygen atoms in total. The van der Waals surface area contributed by atoms with E-state index in [1.54, 1.807) is 0 Å². The third-order valence-corrected chi connectivity index (χ3v) is 9.73. The van der Waals surface area contributed by atoms with E-state index in [4.69, 9.17) is 10.7 Å². The van der Waals surface area contributed by atoms with Gasteiger partial charge in [-0.05, 0) is 63.4 Å². The summed E-state index contributed by atoms with van der Waals surface area (Å²) in [5.41, 5.74) is 18.2. The fourth-order valence-corrected chi connectivity index (χ4v) is 7.32. The topological polar surface area (TPSA) is 55.9 Å². The highest BCUT2D eigenvalue weighted by Gasteiger charge is 2.24. The Morgan fingerprint density at radius 1 is 0.646 bits per heavy atom. The van der Waals surface area contributed by atoms with E-state index in [0.29, 0.717) is 0 Å². The summed E-state index contributed by atoms with van der Waals surface area (Å²) in [6.45, 7) is 0.739. The number of hydrogen-bond acceptors (Lipinski definition) is 3. The van der Waals surface area contributed by atoms with Crippen molar-refractivity contribution in [2.24, 2.45) is 5.73 Å². The average Bonchev–Trinajstić information content (AvgIpc) is 3.56. The molecule has 8 aromatic rings. The second-order valence-corrected chi connectivity index (χ2v) is 12.6. The lowest BCUT2D eigenvalue weighted by Gasteiger charge is -2.18. The fraction of sp³-hybridized carbons (Fsp3) is 0.0682. The third-order valence-electron chi connectivity index (χ3n) is 9.73. The van der Waals surface area contributed by atoms with Gasteiger partial charge in [-0.3, -0.25) is 4.57 Å². The second kappa shape index (κ2) is 11.7. The highest BCUT2D eigenvalue weighted by atomic mass is 15.1. The maximum absolute atomic E-state index is 6.59. The van der Waals surface area contributed by atoms with Gasteiger partial charge in [-0.1, -0.05) is 140 Å². The van der Waals surface area contributed by atoms with Crippen LogP contribution in [0.3, 0.4) is 0 Å². The quantitative estimate of drug-likeness (QED) is 0.195. The van der Waals surface area contributed by atoms with E-state index in [1.807, 2.05) is 12.3 Å². The van der Waals surface area contributed by atoms with Crippen LogP contribution in [0, 0.1) is 0 Å². The van der Waals surface area contributed by atoms with Crippen molar-refractivity contribution in [3.05, 3.63) is 174 Å². The Morgan fingerprint density at radius 3 is 2.08 bits per heavy atom. The van der Waals surface area contributed by atoms with E-state index in [-0.39, 0.29) is 6.04 Å². The zero-order valence-corrected chi connectivity index (χ0v) is 26.5. The number of aromatic nitrogens is 2. The molecule has 0 unspecified atom stereocenters. The number of imidazole rings is 1. The lowest BCUT2D eigenvalue weighted by atomic mass is 9.95. The first-order valence-electron chi connectivity index (χ1n) is 16.6. The number of nitrogens with two attached hydrogens (primary N) is 1. The van der Waals surface area contributed by atoms with Crippen LogP contribution in [0.25, 0.3) is 66.9 Å². The molecule has 48 heavy (non-hydrogen) atoms. The number of fused-ring (bicyclic) bond motifs is 7. The highest BCUT2D eigenvalue weighted by Crippen LogP contribution is 2.40. The first-order valence-corrected chi connectivity index (χ1v) is 16.6. The van der Waals surface area contributed by atoms with Gasteiger partial charge in [0, 0.05) is 34.5 Å². The predicted octanol–water partition coefficient (Wildman–Crippen LogP) is 9.98. The number of rotatable bonds is 6. The number of nitrogens with zero attached hydrogens (tertiary/aromatic N) is 2. The summed E-state index contributed by atoms with van der Waals surface area (Å²) in [6, 6.07) is 51.8. The number of benzene rings is 7. The molecule has 3 N–H and O–H groups in total. The van der Waals surface area contributed by atoms with E-state index >= 15 is 0 Å². The van der Waals surface area contributed by atoms with Crippen LogP contribution < -0.4 is 11.1 Å². The minimum Gasteiger partial charge on any atom is -0.387 e. The molecule has 1 aliphatic rings.